The molecule has 0 bridgehead atoms. The summed E-state index contributed by atoms with van der Waals surface area (Å²) in [6.07, 6.45) is 8.85. The summed E-state index contributed by atoms with van der Waals surface area (Å²) < 4.78 is 5.04. The number of halogens is 3. The monoisotopic (exact) mass is 426 g/mol. The zero-order valence-electron chi connectivity index (χ0n) is 12.6. The summed E-state index contributed by atoms with van der Waals surface area (Å²) in [6.45, 7) is 5.28. The van der Waals surface area contributed by atoms with Gasteiger partial charge in [0.25, 0.3) is 0 Å². The molecule has 17 heavy (non-hydrogen) atoms. The molecule has 0 aliphatic carbocycles. The number of hydrogen-bond donors (Lipinski definition) is 0. The predicted octanol–water partition coefficient (Wildman–Crippen LogP) is 6.41. The Balaban J connectivity index is -0.000000392. The van der Waals surface area contributed by atoms with Crippen LogP contribution in [0.5, 0.6) is 0 Å². The summed E-state index contributed by atoms with van der Waals surface area (Å²) in [6, 6.07) is 0. The molecular formula is C12H29Cl3SiSn-. The van der Waals surface area contributed by atoms with Gasteiger partial charge in [-0.05, 0) is 0 Å². The summed E-state index contributed by atoms with van der Waals surface area (Å²) in [4.78, 5) is 0. The van der Waals surface area contributed by atoms with E-state index in [1.807, 2.05) is 0 Å². The van der Waals surface area contributed by atoms with Crippen molar-refractivity contribution >= 4 is 59.7 Å². The molecule has 0 unspecified atom stereocenters. The molecule has 0 amide bonds. The molecule has 0 aromatic rings. The Morgan fingerprint density at radius 3 is 1.18 bits per heavy atom. The van der Waals surface area contributed by atoms with Gasteiger partial charge in [0.2, 0.25) is 0 Å². The average molecular weight is 427 g/mol. The minimum Gasteiger partial charge on any atom is -1.00 e. The van der Waals surface area contributed by atoms with Crippen molar-refractivity contribution in [1.82, 2.24) is 0 Å². The zero-order chi connectivity index (χ0) is 13.5. The Hall–Kier alpha value is 1.89. The Morgan fingerprint density at radius 2 is 1.00 bits per heavy atom. The largest absolute Gasteiger partial charge is 1.00 e. The smallest absolute Gasteiger partial charge is 0.326 e. The van der Waals surface area contributed by atoms with Crippen LogP contribution in [0.4, 0.5) is 0 Å². The third kappa shape index (κ3) is 23.4. The summed E-state index contributed by atoms with van der Waals surface area (Å²) in [5, 5.41) is 0. The van der Waals surface area contributed by atoms with Crippen LogP contribution in [0.25, 0.3) is 0 Å². The first-order chi connectivity index (χ1) is 8.08. The minimum atomic E-state index is -1.72. The van der Waals surface area contributed by atoms with Crippen molar-refractivity contribution in [1.29, 1.82) is 0 Å². The van der Waals surface area contributed by atoms with E-state index in [9.17, 15) is 0 Å². The third-order valence-corrected chi connectivity index (χ3v) is 11.7. The second-order valence-corrected chi connectivity index (χ2v) is 19.3. The second-order valence-electron chi connectivity index (χ2n) is 4.31. The van der Waals surface area contributed by atoms with Crippen LogP contribution in [-0.2, 0) is 0 Å². The Morgan fingerprint density at radius 1 is 0.765 bits per heavy atom. The quantitative estimate of drug-likeness (QED) is 0.295. The van der Waals surface area contributed by atoms with E-state index in [1.165, 1.54) is 38.5 Å². The van der Waals surface area contributed by atoms with Crippen molar-refractivity contribution in [2.24, 2.45) is 0 Å². The van der Waals surface area contributed by atoms with E-state index in [0.717, 1.165) is 0 Å². The Bertz CT molecular complexity index is 121. The SMILES string of the molecule is CCC[CH2][Sn]([CH2]CCC)[CH2]CCC.Cl[SiH](Cl)Cl.[H-]. The van der Waals surface area contributed by atoms with Gasteiger partial charge in [0.05, 0.1) is 0 Å². The van der Waals surface area contributed by atoms with Gasteiger partial charge in [-0.25, -0.2) is 0 Å². The van der Waals surface area contributed by atoms with Gasteiger partial charge < -0.3 is 1.43 Å². The van der Waals surface area contributed by atoms with Crippen molar-refractivity contribution in [3.8, 4) is 0 Å². The third-order valence-electron chi connectivity index (χ3n) is 2.65. The molecular weight excluding hydrogens is 397 g/mol. The first kappa shape index (κ1) is 21.2. The standard InChI is InChI=1S/3C4H9.Cl3HSi.Sn.H/c3*1-3-4-2;1-4(2)3;;/h3*1,3-4H2,2H3;4H;;/q;;;;;-1. The van der Waals surface area contributed by atoms with Crippen LogP contribution in [0, 0.1) is 0 Å². The van der Waals surface area contributed by atoms with Crippen LogP contribution in [0.15, 0.2) is 0 Å². The number of hydrogen-bond acceptors (Lipinski definition) is 0. The van der Waals surface area contributed by atoms with E-state index in [2.05, 4.69) is 20.8 Å². The summed E-state index contributed by atoms with van der Waals surface area (Å²) in [5.74, 6) is 0. The van der Waals surface area contributed by atoms with Gasteiger partial charge in [0, 0.05) is 0 Å². The van der Waals surface area contributed by atoms with Crippen LogP contribution in [0.1, 0.15) is 60.7 Å². The molecule has 0 heterocycles. The van der Waals surface area contributed by atoms with Gasteiger partial charge in [-0.3, -0.25) is 0 Å². The topological polar surface area (TPSA) is 0 Å². The van der Waals surface area contributed by atoms with E-state index < -0.39 is 26.5 Å². The van der Waals surface area contributed by atoms with Gasteiger partial charge in [0.1, 0.15) is 0 Å². The molecule has 0 N–H and O–H groups in total. The fraction of sp³-hybridized carbons (Fsp3) is 1.00. The average Bonchev–Trinajstić information content (AvgIpc) is 2.27. The summed E-state index contributed by atoms with van der Waals surface area (Å²) in [5.41, 5.74) is 0. The first-order valence-corrected chi connectivity index (χ1v) is 18.1. The van der Waals surface area contributed by atoms with Crippen molar-refractivity contribution in [2.75, 3.05) is 0 Å². The molecule has 0 aliphatic rings. The molecule has 0 fully saturated rings. The number of rotatable bonds is 9. The molecule has 0 nitrogen and oxygen atoms in total. The van der Waals surface area contributed by atoms with Crippen molar-refractivity contribution in [2.45, 2.75) is 72.6 Å². The van der Waals surface area contributed by atoms with E-state index >= 15 is 0 Å². The van der Waals surface area contributed by atoms with Gasteiger partial charge in [-0.2, -0.15) is 0 Å². The van der Waals surface area contributed by atoms with Gasteiger partial charge in [-0.15, -0.1) is 33.2 Å². The van der Waals surface area contributed by atoms with E-state index in [-0.39, 0.29) is 1.43 Å². The Labute approximate surface area is 133 Å². The minimum absolute atomic E-state index is 0. The normalized spacial score (nSPS) is 10.6. The molecule has 0 aliphatic heterocycles. The van der Waals surface area contributed by atoms with Gasteiger partial charge in [-0.1, -0.05) is 0 Å². The van der Waals surface area contributed by atoms with Gasteiger partial charge >= 0.3 is 99.1 Å². The van der Waals surface area contributed by atoms with Crippen LogP contribution < -0.4 is 0 Å². The number of unbranched alkanes of at least 4 members (excludes halogenated alkanes) is 3. The molecule has 0 rings (SSSR count). The maximum absolute atomic E-state index is 4.94. The molecule has 0 aromatic carbocycles. The van der Waals surface area contributed by atoms with Crippen LogP contribution in [-0.4, -0.2) is 26.5 Å². The molecule has 0 aromatic heterocycles. The van der Waals surface area contributed by atoms with Crippen LogP contribution in [0.2, 0.25) is 13.3 Å². The van der Waals surface area contributed by atoms with E-state index in [1.54, 1.807) is 13.3 Å². The molecule has 5 heteroatoms. The molecule has 107 valence electrons. The summed E-state index contributed by atoms with van der Waals surface area (Å²) >= 11 is 14.0. The molecule has 0 saturated heterocycles. The molecule has 0 atom stereocenters. The van der Waals surface area contributed by atoms with Gasteiger partial charge in [0.15, 0.2) is 0 Å². The van der Waals surface area contributed by atoms with E-state index in [0.29, 0.717) is 0 Å². The van der Waals surface area contributed by atoms with Crippen LogP contribution >= 0.6 is 33.2 Å². The summed E-state index contributed by atoms with van der Waals surface area (Å²) in [7, 11) is 0. The predicted molar refractivity (Wildman–Crippen MR) is 90.7 cm³/mol. The zero-order valence-corrected chi connectivity index (χ0v) is 17.9. The molecule has 1 radical (unpaired) electrons. The second kappa shape index (κ2) is 17.9. The Kier molecular flexibility index (Phi) is 22.3. The van der Waals surface area contributed by atoms with Crippen molar-refractivity contribution < 1.29 is 1.43 Å². The molecule has 0 saturated carbocycles. The fourth-order valence-corrected chi connectivity index (χ4v) is 11.1. The maximum Gasteiger partial charge on any atom is 0.326 e. The first-order valence-electron chi connectivity index (χ1n) is 6.84. The fourth-order valence-electron chi connectivity index (χ4n) is 1.66. The van der Waals surface area contributed by atoms with Crippen LogP contribution in [0.3, 0.4) is 0 Å². The van der Waals surface area contributed by atoms with Crippen molar-refractivity contribution in [3.63, 3.8) is 0 Å². The van der Waals surface area contributed by atoms with E-state index in [4.69, 9.17) is 33.2 Å². The van der Waals surface area contributed by atoms with Crippen molar-refractivity contribution in [3.05, 3.63) is 0 Å². The molecule has 0 spiro atoms. The maximum atomic E-state index is 4.94.